The monoisotopic (exact) mass is 1330 g/mol. The molecule has 26 heteroatoms. The van der Waals surface area contributed by atoms with Crippen LogP contribution in [-0.2, 0) is 13.1 Å². The maximum Gasteiger partial charge on any atom is 0.180 e. The molecule has 13 heterocycles. The number of nitrogens with two attached hydrogens (primary N) is 1. The maximum atomic E-state index is 5.76. The zero-order chi connectivity index (χ0) is 60.1. The number of nitrogens with zero attached hydrogens (tertiary/aromatic N) is 18. The van der Waals surface area contributed by atoms with Crippen LogP contribution in [0.15, 0.2) is 194 Å². The summed E-state index contributed by atoms with van der Waals surface area (Å²) in [6, 6.07) is 22.6. The fraction of sp³-hybridized carbons (Fsp3) is 0.100. The van der Waals surface area contributed by atoms with Crippen LogP contribution in [0.1, 0.15) is 33.6 Å². The Balaban J connectivity index is 0.000000132. The van der Waals surface area contributed by atoms with Crippen molar-refractivity contribution in [2.24, 2.45) is 0 Å². The molecule has 430 valence electrons. The largest absolute Gasteiger partial charge is 0.381 e. The van der Waals surface area contributed by atoms with Crippen molar-refractivity contribution >= 4 is 107 Å². The Morgan fingerprint density at radius 3 is 1.42 bits per heavy atom. The third kappa shape index (κ3) is 14.6. The van der Waals surface area contributed by atoms with E-state index in [1.165, 1.54) is 12.4 Å². The number of benzene rings is 1. The first kappa shape index (κ1) is 59.8. The van der Waals surface area contributed by atoms with Crippen molar-refractivity contribution in [1.82, 2.24) is 87.4 Å². The first-order valence-electron chi connectivity index (χ1n) is 26.2. The molecule has 0 bridgehead atoms. The molecule has 1 aromatic carbocycles. The van der Waals surface area contributed by atoms with Crippen molar-refractivity contribution in [3.63, 3.8) is 0 Å². The minimum absolute atomic E-state index is 0.257. The predicted octanol–water partition coefficient (Wildman–Crippen LogP) is 13.5. The number of nitrogens with one attached hydrogen (secondary N) is 2. The number of hydrogen-bond donors (Lipinski definition) is 3. The van der Waals surface area contributed by atoms with Crippen LogP contribution in [0.4, 0.5) is 17.5 Å². The molecule has 0 amide bonds. The van der Waals surface area contributed by atoms with Crippen LogP contribution in [0, 0.1) is 27.7 Å². The summed E-state index contributed by atoms with van der Waals surface area (Å²) in [6.07, 6.45) is 33.5. The lowest BCUT2D eigenvalue weighted by molar-refractivity contribution is 1.05. The number of imidazole rings is 4. The van der Waals surface area contributed by atoms with E-state index in [1.807, 2.05) is 113 Å². The average Bonchev–Trinajstić information content (AvgIpc) is 4.53. The Hall–Kier alpha value is -9.39. The number of anilines is 3. The molecule has 0 fully saturated rings. The van der Waals surface area contributed by atoms with Gasteiger partial charge in [0.05, 0.1) is 35.7 Å². The van der Waals surface area contributed by atoms with Crippen molar-refractivity contribution in [2.75, 3.05) is 16.4 Å². The van der Waals surface area contributed by atoms with Gasteiger partial charge < -0.3 is 20.8 Å². The van der Waals surface area contributed by atoms with E-state index in [2.05, 4.69) is 156 Å². The third-order valence-corrected chi connectivity index (χ3v) is 14.7. The highest BCUT2D eigenvalue weighted by Crippen LogP contribution is 2.27. The number of nitrogen functional groups attached to an aromatic ring is 1. The topological polar surface area (TPSA) is 248 Å². The Bertz CT molecular complexity index is 4590. The maximum absolute atomic E-state index is 5.76. The lowest BCUT2D eigenvalue weighted by Crippen LogP contribution is -2.05. The van der Waals surface area contributed by atoms with Gasteiger partial charge in [0.2, 0.25) is 0 Å². The molecule has 13 aromatic heterocycles. The van der Waals surface area contributed by atoms with Crippen LogP contribution in [-0.4, -0.2) is 87.4 Å². The number of aromatic nitrogens is 18. The zero-order valence-corrected chi connectivity index (χ0v) is 51.7. The van der Waals surface area contributed by atoms with Gasteiger partial charge in [0.1, 0.15) is 9.21 Å². The number of hydrogen-bond acceptors (Lipinski definition) is 17. The van der Waals surface area contributed by atoms with E-state index in [4.69, 9.17) is 45.5 Å². The van der Waals surface area contributed by atoms with E-state index in [0.717, 1.165) is 99.6 Å². The second kappa shape index (κ2) is 28.0. The van der Waals surface area contributed by atoms with Gasteiger partial charge in [-0.1, -0.05) is 77.3 Å². The van der Waals surface area contributed by atoms with Gasteiger partial charge in [0.15, 0.2) is 55.5 Å². The van der Waals surface area contributed by atoms with Crippen LogP contribution < -0.4 is 16.4 Å². The molecule has 0 saturated heterocycles. The number of halogens is 5. The fourth-order valence-electron chi connectivity index (χ4n) is 8.71. The average molecular weight is 1330 g/mol. The quantitative estimate of drug-likeness (QED) is 0.121. The zero-order valence-electron chi connectivity index (χ0n) is 46.3. The molecular formula is C60H50Br2Cl3N21. The summed E-state index contributed by atoms with van der Waals surface area (Å²) in [6.45, 7) is 9.38. The first-order valence-corrected chi connectivity index (χ1v) is 28.9. The highest BCUT2D eigenvalue weighted by molar-refractivity contribution is 9.10. The molecule has 0 aliphatic carbocycles. The first-order chi connectivity index (χ1) is 41.8. The lowest BCUT2D eigenvalue weighted by Gasteiger charge is -2.10. The normalized spacial score (nSPS) is 10.8. The molecule has 0 saturated carbocycles. The summed E-state index contributed by atoms with van der Waals surface area (Å²) in [5.74, 6) is 1.76. The number of pyridine rings is 4. The molecule has 4 N–H and O–H groups in total. The summed E-state index contributed by atoms with van der Waals surface area (Å²) >= 11 is 23.7. The van der Waals surface area contributed by atoms with Crippen molar-refractivity contribution in [3.05, 3.63) is 243 Å². The number of rotatable bonds is 9. The molecule has 0 radical (unpaired) electrons. The van der Waals surface area contributed by atoms with E-state index < -0.39 is 0 Å². The number of fused-ring (bicyclic) bond motifs is 4. The van der Waals surface area contributed by atoms with Gasteiger partial charge in [-0.05, 0) is 106 Å². The lowest BCUT2D eigenvalue weighted by atomic mass is 10.1. The molecule has 0 spiro atoms. The van der Waals surface area contributed by atoms with Gasteiger partial charge in [-0.25, -0.2) is 49.8 Å². The molecule has 21 nitrogen and oxygen atoms in total. The molecule has 14 aromatic rings. The van der Waals surface area contributed by atoms with Crippen molar-refractivity contribution in [2.45, 2.75) is 40.8 Å². The van der Waals surface area contributed by atoms with Gasteiger partial charge >= 0.3 is 0 Å². The van der Waals surface area contributed by atoms with E-state index in [0.29, 0.717) is 34.7 Å². The van der Waals surface area contributed by atoms with Gasteiger partial charge in [-0.15, -0.1) is 0 Å². The molecule has 86 heavy (non-hydrogen) atoms. The Morgan fingerprint density at radius 2 is 0.895 bits per heavy atom. The van der Waals surface area contributed by atoms with Crippen LogP contribution in [0.2, 0.25) is 15.5 Å². The third-order valence-electron chi connectivity index (χ3n) is 12.7. The summed E-state index contributed by atoms with van der Waals surface area (Å²) in [5, 5.41) is 7.88. The summed E-state index contributed by atoms with van der Waals surface area (Å²) in [7, 11) is 0. The van der Waals surface area contributed by atoms with E-state index >= 15 is 0 Å². The standard InChI is InChI=1S/C25H22N6.C19H17BrN6.C6H3BrClN3.C6H4ClN3.C4H4ClN3/c1-17-12-19(14-28-23(17)21-8-9-26-18(2)13-21)15-29-24-25-30-16-22(31(25)11-10-27-24)20-6-4-3-5-7-20;1-12-7-14(9-23-17(12)15-3-4-21-13(2)8-15)10-24-18-19-25-11-16(20)26(19)6-5-22-18;7-4-3-10-6-5(8)9-1-2-11(4)6;7-5-6-9-2-4-10(6)3-1-8-5;5-3-4(6)8-2-1-7-3/h3-14,16H,15H2,1-2H3,(H,27,29);3-9,11H,10H2,1-2H3,(H,22,24);1-3H;1-4H;1-2H,(H2,6,8). The highest BCUT2D eigenvalue weighted by atomic mass is 79.9. The Kier molecular flexibility index (Phi) is 19.5. The predicted molar refractivity (Wildman–Crippen MR) is 343 cm³/mol. The van der Waals surface area contributed by atoms with Gasteiger partial charge in [0.25, 0.3) is 0 Å². The van der Waals surface area contributed by atoms with Gasteiger partial charge in [-0.3, -0.25) is 33.1 Å². The summed E-state index contributed by atoms with van der Waals surface area (Å²) in [4.78, 5) is 58.8. The van der Waals surface area contributed by atoms with Gasteiger partial charge in [-0.2, -0.15) is 0 Å². The van der Waals surface area contributed by atoms with Crippen LogP contribution >= 0.6 is 66.7 Å². The van der Waals surface area contributed by atoms with Crippen LogP contribution in [0.3, 0.4) is 0 Å². The van der Waals surface area contributed by atoms with Crippen molar-refractivity contribution in [1.29, 1.82) is 0 Å². The Morgan fingerprint density at radius 1 is 0.419 bits per heavy atom. The van der Waals surface area contributed by atoms with E-state index in [-0.39, 0.29) is 11.0 Å². The highest BCUT2D eigenvalue weighted by Gasteiger charge is 2.13. The second-order valence-corrected chi connectivity index (χ2v) is 21.4. The summed E-state index contributed by atoms with van der Waals surface area (Å²) in [5.41, 5.74) is 20.9. The number of aryl methyl sites for hydroxylation is 4. The van der Waals surface area contributed by atoms with Crippen LogP contribution in [0.5, 0.6) is 0 Å². The van der Waals surface area contributed by atoms with Crippen molar-refractivity contribution in [3.8, 4) is 33.8 Å². The molecular weight excluding hydrogens is 1280 g/mol. The molecule has 14 rings (SSSR count). The van der Waals surface area contributed by atoms with E-state index in [9.17, 15) is 0 Å². The van der Waals surface area contributed by atoms with Crippen LogP contribution in [0.25, 0.3) is 56.4 Å². The minimum Gasteiger partial charge on any atom is -0.381 e. The van der Waals surface area contributed by atoms with Gasteiger partial charge in [0, 0.05) is 140 Å². The summed E-state index contributed by atoms with van der Waals surface area (Å²) < 4.78 is 9.39. The molecule has 0 aliphatic rings. The SMILES string of the molecule is Cc1cc(-c2ncc(CNc3nccn4c(-c5ccccc5)cnc34)cc2C)ccn1.Cc1cc(-c2ncc(CNc3nccn4c(Br)cnc34)cc2C)ccn1.Clc1nccn2c(Br)cnc12.Clc1nccn2ccnc12.Nc1nccnc1Cl. The van der Waals surface area contributed by atoms with Crippen molar-refractivity contribution < 1.29 is 0 Å². The van der Waals surface area contributed by atoms with E-state index in [1.54, 1.807) is 55.8 Å². The fourth-order valence-corrected chi connectivity index (χ4v) is 9.99. The molecule has 0 atom stereocenters. The molecule has 0 unspecified atom stereocenters. The Labute approximate surface area is 524 Å². The smallest absolute Gasteiger partial charge is 0.180 e. The minimum atomic E-state index is 0.257. The molecule has 0 aliphatic heterocycles. The second-order valence-electron chi connectivity index (χ2n) is 18.7.